The molecule has 0 unspecified atom stereocenters. The SMILES string of the molecule is Nc1nc(CON=CC=O)cs1. The van der Waals surface area contributed by atoms with Gasteiger partial charge in [0.1, 0.15) is 6.21 Å². The molecule has 0 bridgehead atoms. The first kappa shape index (κ1) is 8.66. The van der Waals surface area contributed by atoms with E-state index in [1.54, 1.807) is 5.38 Å². The number of hydrogen-bond acceptors (Lipinski definition) is 6. The van der Waals surface area contributed by atoms with Gasteiger partial charge in [-0.2, -0.15) is 0 Å². The van der Waals surface area contributed by atoms with Crippen LogP contribution in [0.4, 0.5) is 5.13 Å². The van der Waals surface area contributed by atoms with Gasteiger partial charge in [-0.15, -0.1) is 11.3 Å². The second-order valence-electron chi connectivity index (χ2n) is 1.84. The lowest BCUT2D eigenvalue weighted by Gasteiger charge is -1.91. The van der Waals surface area contributed by atoms with Crippen molar-refractivity contribution in [2.45, 2.75) is 6.61 Å². The van der Waals surface area contributed by atoms with E-state index < -0.39 is 0 Å². The van der Waals surface area contributed by atoms with E-state index in [2.05, 4.69) is 10.1 Å². The molecule has 64 valence electrons. The highest BCUT2D eigenvalue weighted by molar-refractivity contribution is 7.13. The fourth-order valence-electron chi connectivity index (χ4n) is 0.560. The number of aldehydes is 1. The van der Waals surface area contributed by atoms with Crippen LogP contribution < -0.4 is 5.73 Å². The number of rotatable bonds is 4. The van der Waals surface area contributed by atoms with E-state index in [9.17, 15) is 4.79 Å². The average Bonchev–Trinajstić information content (AvgIpc) is 2.45. The summed E-state index contributed by atoms with van der Waals surface area (Å²) < 4.78 is 0. The van der Waals surface area contributed by atoms with Crippen LogP contribution in [-0.4, -0.2) is 17.5 Å². The van der Waals surface area contributed by atoms with Gasteiger partial charge in [0, 0.05) is 5.38 Å². The summed E-state index contributed by atoms with van der Waals surface area (Å²) in [6.45, 7) is 0.234. The summed E-state index contributed by atoms with van der Waals surface area (Å²) in [6, 6.07) is 0. The van der Waals surface area contributed by atoms with Crippen molar-refractivity contribution in [3.63, 3.8) is 0 Å². The maximum absolute atomic E-state index is 9.76. The highest BCUT2D eigenvalue weighted by Gasteiger charge is 1.97. The Morgan fingerprint density at radius 3 is 3.25 bits per heavy atom. The Balaban J connectivity index is 2.33. The van der Waals surface area contributed by atoms with Crippen molar-refractivity contribution < 1.29 is 9.63 Å². The maximum Gasteiger partial charge on any atom is 0.180 e. The molecule has 1 rings (SSSR count). The Labute approximate surface area is 72.9 Å². The van der Waals surface area contributed by atoms with Crippen LogP contribution in [0.15, 0.2) is 10.5 Å². The molecule has 2 N–H and O–H groups in total. The van der Waals surface area contributed by atoms with Crippen LogP contribution in [0.2, 0.25) is 0 Å². The van der Waals surface area contributed by atoms with Crippen molar-refractivity contribution >= 4 is 29.0 Å². The molecule has 1 aromatic rings. The fraction of sp³-hybridized carbons (Fsp3) is 0.167. The number of thiazole rings is 1. The van der Waals surface area contributed by atoms with Crippen LogP contribution in [0, 0.1) is 0 Å². The minimum absolute atomic E-state index is 0.234. The summed E-state index contributed by atoms with van der Waals surface area (Å²) in [7, 11) is 0. The zero-order valence-electron chi connectivity index (χ0n) is 6.14. The van der Waals surface area contributed by atoms with E-state index in [1.807, 2.05) is 0 Å². The molecule has 0 aliphatic carbocycles. The molecule has 0 amide bonds. The third-order valence-electron chi connectivity index (χ3n) is 0.978. The number of carbonyl (C=O) groups excluding carboxylic acids is 1. The number of oxime groups is 1. The molecule has 0 fully saturated rings. The Morgan fingerprint density at radius 1 is 1.83 bits per heavy atom. The molecule has 5 nitrogen and oxygen atoms in total. The number of aromatic nitrogens is 1. The van der Waals surface area contributed by atoms with E-state index in [0.717, 1.165) is 6.21 Å². The summed E-state index contributed by atoms with van der Waals surface area (Å²) in [5.41, 5.74) is 6.08. The van der Waals surface area contributed by atoms with Gasteiger partial charge in [0.25, 0.3) is 0 Å². The van der Waals surface area contributed by atoms with Crippen LogP contribution in [-0.2, 0) is 16.2 Å². The Kier molecular flexibility index (Phi) is 3.21. The molecule has 0 aliphatic heterocycles. The lowest BCUT2D eigenvalue weighted by Crippen LogP contribution is -1.89. The minimum atomic E-state index is 0.234. The van der Waals surface area contributed by atoms with Crippen molar-refractivity contribution in [2.24, 2.45) is 5.16 Å². The Morgan fingerprint density at radius 2 is 2.67 bits per heavy atom. The number of anilines is 1. The molecule has 0 aliphatic rings. The highest BCUT2D eigenvalue weighted by Crippen LogP contribution is 2.11. The van der Waals surface area contributed by atoms with Gasteiger partial charge in [0.2, 0.25) is 0 Å². The quantitative estimate of drug-likeness (QED) is 0.419. The predicted octanol–water partition coefficient (Wildman–Crippen LogP) is 0.427. The summed E-state index contributed by atoms with van der Waals surface area (Å²) >= 11 is 1.33. The smallest absolute Gasteiger partial charge is 0.180 e. The number of nitrogen functional groups attached to an aromatic ring is 1. The van der Waals surface area contributed by atoms with Gasteiger partial charge in [0.05, 0.1) is 5.69 Å². The molecule has 12 heavy (non-hydrogen) atoms. The number of nitrogens with two attached hydrogens (primary N) is 1. The van der Waals surface area contributed by atoms with E-state index in [-0.39, 0.29) is 6.61 Å². The first-order chi connectivity index (χ1) is 5.83. The lowest BCUT2D eigenvalue weighted by molar-refractivity contribution is -0.102. The monoisotopic (exact) mass is 185 g/mol. The Hall–Kier alpha value is -1.43. The van der Waals surface area contributed by atoms with Crippen molar-refractivity contribution in [3.05, 3.63) is 11.1 Å². The molecule has 0 aromatic carbocycles. The molecule has 0 atom stereocenters. The third kappa shape index (κ3) is 2.67. The fourth-order valence-corrected chi connectivity index (χ4v) is 1.11. The highest BCUT2D eigenvalue weighted by atomic mass is 32.1. The molecule has 0 spiro atoms. The van der Waals surface area contributed by atoms with Gasteiger partial charge in [-0.3, -0.25) is 4.79 Å². The lowest BCUT2D eigenvalue weighted by atomic mass is 10.5. The molecular weight excluding hydrogens is 178 g/mol. The topological polar surface area (TPSA) is 77.6 Å². The van der Waals surface area contributed by atoms with Gasteiger partial charge in [0.15, 0.2) is 18.0 Å². The molecule has 0 radical (unpaired) electrons. The number of carbonyl (C=O) groups is 1. The average molecular weight is 185 g/mol. The van der Waals surface area contributed by atoms with Gasteiger partial charge in [-0.25, -0.2) is 4.98 Å². The van der Waals surface area contributed by atoms with Crippen molar-refractivity contribution in [1.29, 1.82) is 0 Å². The molecule has 1 heterocycles. The summed E-state index contributed by atoms with van der Waals surface area (Å²) in [5.74, 6) is 0. The minimum Gasteiger partial charge on any atom is -0.389 e. The second-order valence-corrected chi connectivity index (χ2v) is 2.73. The Bertz CT molecular complexity index is 284. The van der Waals surface area contributed by atoms with E-state index in [1.165, 1.54) is 11.3 Å². The number of nitrogens with zero attached hydrogens (tertiary/aromatic N) is 2. The van der Waals surface area contributed by atoms with Crippen LogP contribution in [0.5, 0.6) is 0 Å². The third-order valence-corrected chi connectivity index (χ3v) is 1.70. The van der Waals surface area contributed by atoms with Crippen LogP contribution >= 0.6 is 11.3 Å². The first-order valence-corrected chi connectivity index (χ1v) is 4.00. The maximum atomic E-state index is 9.76. The summed E-state index contributed by atoms with van der Waals surface area (Å²) in [6.07, 6.45) is 1.56. The van der Waals surface area contributed by atoms with Crippen molar-refractivity contribution in [1.82, 2.24) is 4.98 Å². The predicted molar refractivity (Wildman–Crippen MR) is 45.9 cm³/mol. The summed E-state index contributed by atoms with van der Waals surface area (Å²) in [4.78, 5) is 18.4. The molecular formula is C6H7N3O2S. The van der Waals surface area contributed by atoms with Gasteiger partial charge in [-0.1, -0.05) is 5.16 Å². The van der Waals surface area contributed by atoms with E-state index >= 15 is 0 Å². The van der Waals surface area contributed by atoms with Gasteiger partial charge >= 0.3 is 0 Å². The van der Waals surface area contributed by atoms with Crippen molar-refractivity contribution in [2.75, 3.05) is 5.73 Å². The number of hydrogen-bond donors (Lipinski definition) is 1. The van der Waals surface area contributed by atoms with E-state index in [0.29, 0.717) is 17.1 Å². The van der Waals surface area contributed by atoms with Gasteiger partial charge < -0.3 is 10.6 Å². The van der Waals surface area contributed by atoms with E-state index in [4.69, 9.17) is 10.6 Å². The summed E-state index contributed by atoms with van der Waals surface area (Å²) in [5, 5.41) is 5.59. The first-order valence-electron chi connectivity index (χ1n) is 3.12. The molecule has 0 saturated carbocycles. The largest absolute Gasteiger partial charge is 0.389 e. The second kappa shape index (κ2) is 4.45. The molecule has 6 heteroatoms. The van der Waals surface area contributed by atoms with Crippen LogP contribution in [0.1, 0.15) is 5.69 Å². The van der Waals surface area contributed by atoms with Gasteiger partial charge in [-0.05, 0) is 0 Å². The van der Waals surface area contributed by atoms with Crippen LogP contribution in [0.3, 0.4) is 0 Å². The zero-order valence-corrected chi connectivity index (χ0v) is 6.95. The molecule has 1 aromatic heterocycles. The zero-order chi connectivity index (χ0) is 8.81. The normalized spacial score (nSPS) is 10.3. The molecule has 0 saturated heterocycles. The van der Waals surface area contributed by atoms with Crippen LogP contribution in [0.25, 0.3) is 0 Å². The van der Waals surface area contributed by atoms with Crippen molar-refractivity contribution in [3.8, 4) is 0 Å². The standard InChI is InChI=1S/C6H7N3O2S/c7-6-9-5(4-12-6)3-11-8-1-2-10/h1-2,4H,3H2,(H2,7,9).